The highest BCUT2D eigenvalue weighted by atomic mass is 32.2. The molecule has 3 aromatic rings. The molecule has 144 valence electrons. The van der Waals surface area contributed by atoms with Crippen molar-refractivity contribution in [1.82, 2.24) is 19.1 Å². The highest BCUT2D eigenvalue weighted by Gasteiger charge is 2.27. The van der Waals surface area contributed by atoms with Gasteiger partial charge in [-0.15, -0.1) is 0 Å². The molecule has 1 saturated heterocycles. The molecule has 1 fully saturated rings. The summed E-state index contributed by atoms with van der Waals surface area (Å²) in [5.74, 6) is 0.304. The molecule has 1 aliphatic rings. The van der Waals surface area contributed by atoms with Crippen molar-refractivity contribution in [3.8, 4) is 5.82 Å². The van der Waals surface area contributed by atoms with Gasteiger partial charge in [0.25, 0.3) is 5.91 Å². The quantitative estimate of drug-likeness (QED) is 0.712. The van der Waals surface area contributed by atoms with Crippen LogP contribution in [0.25, 0.3) is 5.82 Å². The number of rotatable bonds is 5. The molecule has 0 radical (unpaired) electrons. The smallest absolute Gasteiger partial charge is 0.255 e. The van der Waals surface area contributed by atoms with Gasteiger partial charge in [0.2, 0.25) is 10.0 Å². The molecule has 1 N–H and O–H groups in total. The fourth-order valence-electron chi connectivity index (χ4n) is 3.06. The molecule has 0 saturated carbocycles. The van der Waals surface area contributed by atoms with Crippen LogP contribution in [-0.2, 0) is 10.0 Å². The number of hydrogen-bond donors (Lipinski definition) is 1. The Balaban J connectivity index is 1.45. The van der Waals surface area contributed by atoms with Gasteiger partial charge < -0.3 is 5.32 Å². The number of sulfonamides is 1. The fraction of sp³-hybridized carbons (Fsp3) is 0.211. The molecule has 0 spiro atoms. The minimum Gasteiger partial charge on any atom is -0.321 e. The van der Waals surface area contributed by atoms with Gasteiger partial charge in [-0.25, -0.2) is 18.1 Å². The van der Waals surface area contributed by atoms with Crippen molar-refractivity contribution in [2.45, 2.75) is 17.7 Å². The third-order valence-corrected chi connectivity index (χ3v) is 6.48. The zero-order chi connectivity index (χ0) is 19.6. The van der Waals surface area contributed by atoms with Crippen molar-refractivity contribution >= 4 is 21.6 Å². The Labute approximate surface area is 162 Å². The minimum absolute atomic E-state index is 0.205. The lowest BCUT2D eigenvalue weighted by atomic mass is 10.2. The first-order valence-electron chi connectivity index (χ1n) is 8.92. The summed E-state index contributed by atoms with van der Waals surface area (Å²) < 4.78 is 28.2. The normalized spacial score (nSPS) is 14.9. The lowest BCUT2D eigenvalue weighted by Gasteiger charge is -2.15. The SMILES string of the molecule is O=C(Nc1ccc(-n2cccn2)nc1)c1ccc(S(=O)(=O)N2CCCC2)cc1. The summed E-state index contributed by atoms with van der Waals surface area (Å²) in [6.07, 6.45) is 6.74. The van der Waals surface area contributed by atoms with E-state index in [0.29, 0.717) is 30.2 Å². The van der Waals surface area contributed by atoms with E-state index in [0.717, 1.165) is 12.8 Å². The standard InChI is InChI=1S/C19H19N5O3S/c25-19(22-16-6-9-18(20-14-16)24-13-3-10-21-24)15-4-7-17(8-5-15)28(26,27)23-11-1-2-12-23/h3-10,13-14H,1-2,11-12H2,(H,22,25). The summed E-state index contributed by atoms with van der Waals surface area (Å²) in [6, 6.07) is 11.3. The fourth-order valence-corrected chi connectivity index (χ4v) is 4.58. The van der Waals surface area contributed by atoms with Gasteiger partial charge in [-0.3, -0.25) is 4.79 Å². The monoisotopic (exact) mass is 397 g/mol. The van der Waals surface area contributed by atoms with Crippen LogP contribution in [0.15, 0.2) is 66.0 Å². The maximum absolute atomic E-state index is 12.5. The van der Waals surface area contributed by atoms with E-state index in [1.54, 1.807) is 41.5 Å². The Morgan fingerprint density at radius 1 is 1.04 bits per heavy atom. The second-order valence-electron chi connectivity index (χ2n) is 6.45. The van der Waals surface area contributed by atoms with E-state index in [-0.39, 0.29) is 10.8 Å². The van der Waals surface area contributed by atoms with Crippen molar-refractivity contribution < 1.29 is 13.2 Å². The van der Waals surface area contributed by atoms with Crippen LogP contribution in [0.2, 0.25) is 0 Å². The molecule has 3 heterocycles. The van der Waals surface area contributed by atoms with E-state index in [1.807, 2.05) is 0 Å². The van der Waals surface area contributed by atoms with Gasteiger partial charge >= 0.3 is 0 Å². The maximum Gasteiger partial charge on any atom is 0.255 e. The number of carbonyl (C=O) groups is 1. The van der Waals surface area contributed by atoms with Gasteiger partial charge in [-0.05, 0) is 55.3 Å². The first-order valence-corrected chi connectivity index (χ1v) is 10.4. The van der Waals surface area contributed by atoms with E-state index < -0.39 is 10.0 Å². The molecule has 0 atom stereocenters. The van der Waals surface area contributed by atoms with Crippen LogP contribution in [0.3, 0.4) is 0 Å². The van der Waals surface area contributed by atoms with Gasteiger partial charge in [-0.1, -0.05) is 0 Å². The average Bonchev–Trinajstić information content (AvgIpc) is 3.43. The lowest BCUT2D eigenvalue weighted by Crippen LogP contribution is -2.27. The molecular formula is C19H19N5O3S. The van der Waals surface area contributed by atoms with Crippen LogP contribution in [0.4, 0.5) is 5.69 Å². The predicted octanol–water partition coefficient (Wildman–Crippen LogP) is 2.30. The largest absolute Gasteiger partial charge is 0.321 e. The number of nitrogens with one attached hydrogen (secondary N) is 1. The Morgan fingerprint density at radius 3 is 2.39 bits per heavy atom. The molecule has 1 amide bonds. The van der Waals surface area contributed by atoms with Crippen LogP contribution in [0, 0.1) is 0 Å². The molecule has 0 bridgehead atoms. The molecule has 8 nitrogen and oxygen atoms in total. The third kappa shape index (κ3) is 3.67. The van der Waals surface area contributed by atoms with Crippen molar-refractivity contribution in [2.24, 2.45) is 0 Å². The summed E-state index contributed by atoms with van der Waals surface area (Å²) >= 11 is 0. The van der Waals surface area contributed by atoms with Crippen LogP contribution >= 0.6 is 0 Å². The number of hydrogen-bond acceptors (Lipinski definition) is 5. The minimum atomic E-state index is -3.48. The Morgan fingerprint density at radius 2 is 1.79 bits per heavy atom. The summed E-state index contributed by atoms with van der Waals surface area (Å²) in [5, 5.41) is 6.85. The van der Waals surface area contributed by atoms with Gasteiger partial charge in [0.05, 0.1) is 16.8 Å². The number of nitrogens with zero attached hydrogens (tertiary/aromatic N) is 4. The zero-order valence-corrected chi connectivity index (χ0v) is 15.8. The highest BCUT2D eigenvalue weighted by molar-refractivity contribution is 7.89. The Bertz CT molecular complexity index is 1060. The molecule has 1 aromatic carbocycles. The third-order valence-electron chi connectivity index (χ3n) is 4.56. The first kappa shape index (κ1) is 18.3. The first-order chi connectivity index (χ1) is 13.5. The van der Waals surface area contributed by atoms with E-state index >= 15 is 0 Å². The molecule has 2 aromatic heterocycles. The number of anilines is 1. The second-order valence-corrected chi connectivity index (χ2v) is 8.38. The van der Waals surface area contributed by atoms with Crippen LogP contribution < -0.4 is 5.32 Å². The number of pyridine rings is 1. The highest BCUT2D eigenvalue weighted by Crippen LogP contribution is 2.21. The van der Waals surface area contributed by atoms with Gasteiger partial charge in [-0.2, -0.15) is 9.40 Å². The topological polar surface area (TPSA) is 97.2 Å². The van der Waals surface area contributed by atoms with Crippen molar-refractivity contribution in [3.05, 3.63) is 66.6 Å². The van der Waals surface area contributed by atoms with Crippen molar-refractivity contribution in [3.63, 3.8) is 0 Å². The maximum atomic E-state index is 12.5. The lowest BCUT2D eigenvalue weighted by molar-refractivity contribution is 0.102. The molecule has 0 unspecified atom stereocenters. The van der Waals surface area contributed by atoms with Crippen LogP contribution in [0.5, 0.6) is 0 Å². The van der Waals surface area contributed by atoms with Crippen molar-refractivity contribution in [2.75, 3.05) is 18.4 Å². The predicted molar refractivity (Wildman–Crippen MR) is 104 cm³/mol. The van der Waals surface area contributed by atoms with Crippen molar-refractivity contribution in [1.29, 1.82) is 0 Å². The molecule has 1 aliphatic heterocycles. The van der Waals surface area contributed by atoms with Gasteiger partial charge in [0.15, 0.2) is 5.82 Å². The van der Waals surface area contributed by atoms with Gasteiger partial charge in [0.1, 0.15) is 0 Å². The number of aromatic nitrogens is 3. The van der Waals surface area contributed by atoms with E-state index in [2.05, 4.69) is 15.4 Å². The Hall–Kier alpha value is -3.04. The molecule has 28 heavy (non-hydrogen) atoms. The number of carbonyl (C=O) groups excluding carboxylic acids is 1. The summed E-state index contributed by atoms with van der Waals surface area (Å²) in [7, 11) is -3.48. The number of benzene rings is 1. The molecular weight excluding hydrogens is 378 g/mol. The van der Waals surface area contributed by atoms with E-state index in [1.165, 1.54) is 28.6 Å². The van der Waals surface area contributed by atoms with Gasteiger partial charge in [0, 0.05) is 31.0 Å². The molecule has 0 aliphatic carbocycles. The van der Waals surface area contributed by atoms with E-state index in [4.69, 9.17) is 0 Å². The summed E-state index contributed by atoms with van der Waals surface area (Å²) in [4.78, 5) is 16.9. The van der Waals surface area contributed by atoms with E-state index in [9.17, 15) is 13.2 Å². The second kappa shape index (κ2) is 7.53. The van der Waals surface area contributed by atoms with Crippen LogP contribution in [-0.4, -0.2) is 46.5 Å². The average molecular weight is 397 g/mol. The zero-order valence-electron chi connectivity index (χ0n) is 15.0. The summed E-state index contributed by atoms with van der Waals surface area (Å²) in [6.45, 7) is 1.10. The molecule has 9 heteroatoms. The summed E-state index contributed by atoms with van der Waals surface area (Å²) in [5.41, 5.74) is 0.909. The number of amides is 1. The Kier molecular flexibility index (Phi) is 4.93. The van der Waals surface area contributed by atoms with Crippen LogP contribution in [0.1, 0.15) is 23.2 Å². The molecule has 4 rings (SSSR count).